The zero-order valence-electron chi connectivity index (χ0n) is 15.6. The summed E-state index contributed by atoms with van der Waals surface area (Å²) >= 11 is 0.990. The summed E-state index contributed by atoms with van der Waals surface area (Å²) in [6.07, 6.45) is 6.11. The molecule has 0 aliphatic rings. The van der Waals surface area contributed by atoms with Crippen LogP contribution in [0.25, 0.3) is 55.2 Å². The molecule has 0 aliphatic heterocycles. The molecule has 0 bridgehead atoms. The summed E-state index contributed by atoms with van der Waals surface area (Å²) < 4.78 is 29.1. The van der Waals surface area contributed by atoms with Gasteiger partial charge in [-0.15, -0.1) is 11.3 Å². The second kappa shape index (κ2) is 6.74. The van der Waals surface area contributed by atoms with E-state index in [1.54, 1.807) is 42.9 Å². The lowest BCUT2D eigenvalue weighted by Gasteiger charge is -2.04. The summed E-state index contributed by atoms with van der Waals surface area (Å²) in [7, 11) is 0. The van der Waals surface area contributed by atoms with Crippen molar-refractivity contribution >= 4 is 33.3 Å². The van der Waals surface area contributed by atoms with Crippen molar-refractivity contribution in [3.63, 3.8) is 0 Å². The van der Waals surface area contributed by atoms with E-state index in [1.165, 1.54) is 12.4 Å². The highest BCUT2D eigenvalue weighted by Crippen LogP contribution is 2.35. The third-order valence-electron chi connectivity index (χ3n) is 4.97. The largest absolute Gasteiger partial charge is 0.336 e. The molecule has 0 aliphatic carbocycles. The number of nitrogens with one attached hydrogen (secondary N) is 2. The highest BCUT2D eigenvalue weighted by molar-refractivity contribution is 7.13. The molecule has 31 heavy (non-hydrogen) atoms. The lowest BCUT2D eigenvalue weighted by Crippen LogP contribution is -1.90. The summed E-state index contributed by atoms with van der Waals surface area (Å²) in [5.41, 5.74) is 3.60. The highest BCUT2D eigenvalue weighted by Gasteiger charge is 2.21. The number of aromatic nitrogens is 7. The summed E-state index contributed by atoms with van der Waals surface area (Å²) in [4.78, 5) is 20.8. The quantitative estimate of drug-likeness (QED) is 0.413. The SMILES string of the molecule is Fc1ccc(-c2nccc3[nH]c(-c4n[nH]c5ccc(-c6cncnc6)c(F)c45)nc23)s1. The Bertz CT molecular complexity index is 1570. The fraction of sp³-hybridized carbons (Fsp3) is 0. The first-order chi connectivity index (χ1) is 15.2. The zero-order valence-corrected chi connectivity index (χ0v) is 16.4. The fourth-order valence-corrected chi connectivity index (χ4v) is 4.30. The van der Waals surface area contributed by atoms with Crippen LogP contribution in [0, 0.1) is 10.9 Å². The molecule has 150 valence electrons. The third kappa shape index (κ3) is 2.80. The minimum atomic E-state index is -0.449. The summed E-state index contributed by atoms with van der Waals surface area (Å²) in [6.45, 7) is 0. The second-order valence-corrected chi connectivity index (χ2v) is 7.83. The van der Waals surface area contributed by atoms with Gasteiger partial charge in [-0.1, -0.05) is 0 Å². The molecule has 5 heterocycles. The number of H-pyrrole nitrogens is 2. The molecule has 5 aromatic heterocycles. The van der Waals surface area contributed by atoms with E-state index in [0.717, 1.165) is 11.3 Å². The van der Waals surface area contributed by atoms with Gasteiger partial charge in [-0.2, -0.15) is 9.49 Å². The van der Waals surface area contributed by atoms with E-state index in [0.29, 0.717) is 55.2 Å². The molecule has 0 fully saturated rings. The Morgan fingerprint density at radius 3 is 2.58 bits per heavy atom. The number of rotatable bonds is 3. The Labute approximate surface area is 176 Å². The van der Waals surface area contributed by atoms with Crippen LogP contribution in [-0.4, -0.2) is 35.1 Å². The van der Waals surface area contributed by atoms with Gasteiger partial charge in [0.1, 0.15) is 29.0 Å². The maximum atomic E-state index is 15.5. The van der Waals surface area contributed by atoms with Gasteiger partial charge in [-0.3, -0.25) is 10.1 Å². The van der Waals surface area contributed by atoms with Crippen LogP contribution < -0.4 is 0 Å². The van der Waals surface area contributed by atoms with Gasteiger partial charge in [0.25, 0.3) is 0 Å². The average Bonchev–Trinajstić information content (AvgIpc) is 3.52. The Hall–Kier alpha value is -4.05. The Balaban J connectivity index is 1.56. The van der Waals surface area contributed by atoms with Crippen LogP contribution in [0.2, 0.25) is 0 Å². The maximum Gasteiger partial charge on any atom is 0.177 e. The van der Waals surface area contributed by atoms with E-state index in [2.05, 4.69) is 35.1 Å². The topological polar surface area (TPSA) is 96.0 Å². The first-order valence-corrected chi connectivity index (χ1v) is 10.0. The lowest BCUT2D eigenvalue weighted by atomic mass is 10.0. The summed E-state index contributed by atoms with van der Waals surface area (Å²) in [5.74, 6) is -0.0666. The minimum Gasteiger partial charge on any atom is -0.336 e. The van der Waals surface area contributed by atoms with Crippen LogP contribution in [0.4, 0.5) is 8.78 Å². The van der Waals surface area contributed by atoms with Crippen molar-refractivity contribution in [3.8, 4) is 33.2 Å². The second-order valence-electron chi connectivity index (χ2n) is 6.79. The molecule has 6 aromatic rings. The van der Waals surface area contributed by atoms with E-state index < -0.39 is 5.82 Å². The van der Waals surface area contributed by atoms with Crippen LogP contribution >= 0.6 is 11.3 Å². The van der Waals surface area contributed by atoms with Gasteiger partial charge >= 0.3 is 0 Å². The van der Waals surface area contributed by atoms with Gasteiger partial charge < -0.3 is 4.98 Å². The van der Waals surface area contributed by atoms with Gasteiger partial charge in [0, 0.05) is 29.7 Å². The zero-order chi connectivity index (χ0) is 20.9. The number of imidazole rings is 1. The van der Waals surface area contributed by atoms with E-state index in [4.69, 9.17) is 0 Å². The fourth-order valence-electron chi connectivity index (χ4n) is 3.57. The van der Waals surface area contributed by atoms with Gasteiger partial charge in [-0.25, -0.2) is 19.3 Å². The first-order valence-electron chi connectivity index (χ1n) is 9.22. The number of hydrogen-bond donors (Lipinski definition) is 2. The molecular formula is C21H11F2N7S. The van der Waals surface area contributed by atoms with Gasteiger partial charge in [-0.05, 0) is 30.3 Å². The molecule has 7 nitrogen and oxygen atoms in total. The number of halogens is 2. The number of aromatic amines is 2. The first kappa shape index (κ1) is 17.8. The van der Waals surface area contributed by atoms with Gasteiger partial charge in [0.15, 0.2) is 11.0 Å². The molecule has 0 atom stereocenters. The van der Waals surface area contributed by atoms with Crippen LogP contribution in [0.1, 0.15) is 0 Å². The average molecular weight is 431 g/mol. The molecule has 0 amide bonds. The Morgan fingerprint density at radius 2 is 1.77 bits per heavy atom. The molecular weight excluding hydrogens is 420 g/mol. The van der Waals surface area contributed by atoms with Crippen molar-refractivity contribution < 1.29 is 8.78 Å². The van der Waals surface area contributed by atoms with Gasteiger partial charge in [0.05, 0.1) is 21.3 Å². The van der Waals surface area contributed by atoms with Crippen molar-refractivity contribution in [3.05, 3.63) is 66.2 Å². The summed E-state index contributed by atoms with van der Waals surface area (Å²) in [5, 5.41) is 7.15. The van der Waals surface area contributed by atoms with Crippen LogP contribution in [0.5, 0.6) is 0 Å². The minimum absolute atomic E-state index is 0.303. The highest BCUT2D eigenvalue weighted by atomic mass is 32.1. The van der Waals surface area contributed by atoms with Crippen molar-refractivity contribution in [2.75, 3.05) is 0 Å². The predicted molar refractivity (Wildman–Crippen MR) is 113 cm³/mol. The van der Waals surface area contributed by atoms with Crippen molar-refractivity contribution in [1.82, 2.24) is 35.1 Å². The van der Waals surface area contributed by atoms with Crippen LogP contribution in [0.3, 0.4) is 0 Å². The van der Waals surface area contributed by atoms with E-state index >= 15 is 4.39 Å². The number of thiophene rings is 1. The summed E-state index contributed by atoms with van der Waals surface area (Å²) in [6, 6.07) is 8.22. The molecule has 0 spiro atoms. The number of benzene rings is 1. The Morgan fingerprint density at radius 1 is 0.903 bits per heavy atom. The van der Waals surface area contributed by atoms with Crippen molar-refractivity contribution in [1.29, 1.82) is 0 Å². The van der Waals surface area contributed by atoms with E-state index in [1.807, 2.05) is 0 Å². The van der Waals surface area contributed by atoms with Crippen molar-refractivity contribution in [2.24, 2.45) is 0 Å². The number of nitrogens with zero attached hydrogens (tertiary/aromatic N) is 5. The third-order valence-corrected chi connectivity index (χ3v) is 5.85. The monoisotopic (exact) mass is 431 g/mol. The van der Waals surface area contributed by atoms with Crippen LogP contribution in [0.15, 0.2) is 55.2 Å². The van der Waals surface area contributed by atoms with E-state index in [-0.39, 0.29) is 5.13 Å². The van der Waals surface area contributed by atoms with Gasteiger partial charge in [0.2, 0.25) is 0 Å². The molecule has 0 saturated carbocycles. The maximum absolute atomic E-state index is 15.5. The predicted octanol–water partition coefficient (Wildman–Crippen LogP) is 4.96. The standard InChI is InChI=1S/C21H11F2N7S/c22-15-4-3-14(31-15)19-18-13(5-6-26-19)27-21(28-18)20-16-12(29-30-20)2-1-11(17(16)23)10-7-24-9-25-8-10/h1-9H,(H,27,28)(H,29,30). The normalized spacial score (nSPS) is 11.5. The smallest absolute Gasteiger partial charge is 0.177 e. The Kier molecular flexibility index (Phi) is 3.87. The molecule has 1 aromatic carbocycles. The van der Waals surface area contributed by atoms with E-state index in [9.17, 15) is 4.39 Å². The number of hydrogen-bond acceptors (Lipinski definition) is 6. The molecule has 10 heteroatoms. The van der Waals surface area contributed by atoms with Crippen LogP contribution in [-0.2, 0) is 0 Å². The molecule has 6 rings (SSSR count). The number of pyridine rings is 1. The molecule has 0 saturated heterocycles. The molecule has 0 unspecified atom stereocenters. The lowest BCUT2D eigenvalue weighted by molar-refractivity contribution is 0.643. The van der Waals surface area contributed by atoms with Crippen molar-refractivity contribution in [2.45, 2.75) is 0 Å². The number of fused-ring (bicyclic) bond motifs is 2. The molecule has 2 N–H and O–H groups in total. The molecule has 0 radical (unpaired) electrons.